The van der Waals surface area contributed by atoms with Crippen molar-refractivity contribution in [3.63, 3.8) is 0 Å². The average Bonchev–Trinajstić information content (AvgIpc) is 3.27. The van der Waals surface area contributed by atoms with Crippen LogP contribution in [0.4, 0.5) is 4.39 Å². The Labute approximate surface area is 192 Å². The third-order valence-corrected chi connectivity index (χ3v) is 6.36. The Balaban J connectivity index is 1.44. The highest BCUT2D eigenvalue weighted by Crippen LogP contribution is 2.36. The minimum absolute atomic E-state index is 0.0113. The Morgan fingerprint density at radius 1 is 1.18 bits per heavy atom. The second-order valence-electron chi connectivity index (χ2n) is 8.53. The summed E-state index contributed by atoms with van der Waals surface area (Å²) in [5.41, 5.74) is 4.36. The lowest BCUT2D eigenvalue weighted by Gasteiger charge is -2.45. The van der Waals surface area contributed by atoms with Gasteiger partial charge in [-0.1, -0.05) is 18.2 Å². The molecule has 0 unspecified atom stereocenters. The molecule has 2 atom stereocenters. The molecule has 3 aromatic rings. The van der Waals surface area contributed by atoms with Crippen molar-refractivity contribution in [1.82, 2.24) is 14.5 Å². The van der Waals surface area contributed by atoms with Gasteiger partial charge in [-0.05, 0) is 61.2 Å². The molecule has 2 aromatic carbocycles. The predicted octanol–water partition coefficient (Wildman–Crippen LogP) is 4.47. The van der Waals surface area contributed by atoms with Gasteiger partial charge >= 0.3 is 0 Å². The van der Waals surface area contributed by atoms with Gasteiger partial charge in [-0.15, -0.1) is 0 Å². The van der Waals surface area contributed by atoms with Gasteiger partial charge in [0.1, 0.15) is 11.6 Å². The van der Waals surface area contributed by atoms with E-state index < -0.39 is 0 Å². The van der Waals surface area contributed by atoms with E-state index in [1.54, 1.807) is 25.6 Å². The van der Waals surface area contributed by atoms with E-state index in [0.29, 0.717) is 25.4 Å². The first kappa shape index (κ1) is 21.4. The number of ether oxygens (including phenoxy) is 2. The van der Waals surface area contributed by atoms with Crippen LogP contribution < -0.4 is 4.74 Å². The van der Waals surface area contributed by atoms with E-state index in [1.165, 1.54) is 12.1 Å². The molecule has 0 radical (unpaired) electrons. The molecule has 5 rings (SSSR count). The lowest BCUT2D eigenvalue weighted by molar-refractivity contribution is -0.145. The zero-order valence-corrected chi connectivity index (χ0v) is 18.7. The molecule has 33 heavy (non-hydrogen) atoms. The molecule has 2 saturated heterocycles. The standard InChI is InChI=1S/C26H26FN3O3/c1-17-13-29(16-28-17)23-10-3-18(12-25(23)32-2)11-20-6-9-22-14-33-15-24(30(22)26(20)31)19-4-7-21(27)8-5-19/h3-5,7-8,10-13,16,22,24H,6,9,14-15H2,1-2H3/t22-,24+/m1/s1. The summed E-state index contributed by atoms with van der Waals surface area (Å²) < 4.78 is 26.8. The smallest absolute Gasteiger partial charge is 0.250 e. The fraction of sp³-hybridized carbons (Fsp3) is 0.308. The van der Waals surface area contributed by atoms with Crippen molar-refractivity contribution < 1.29 is 18.7 Å². The Hall–Kier alpha value is -3.45. The van der Waals surface area contributed by atoms with Crippen molar-refractivity contribution in [2.45, 2.75) is 31.8 Å². The number of carbonyl (C=O) groups excluding carboxylic acids is 1. The highest BCUT2D eigenvalue weighted by molar-refractivity contribution is 5.99. The third-order valence-electron chi connectivity index (χ3n) is 6.36. The number of aryl methyl sites for hydroxylation is 1. The molecule has 6 nitrogen and oxygen atoms in total. The van der Waals surface area contributed by atoms with Gasteiger partial charge in [-0.3, -0.25) is 4.79 Å². The number of fused-ring (bicyclic) bond motifs is 1. The van der Waals surface area contributed by atoms with Crippen molar-refractivity contribution in [2.75, 3.05) is 20.3 Å². The number of hydrogen-bond donors (Lipinski definition) is 0. The maximum absolute atomic E-state index is 13.5. The minimum atomic E-state index is -0.291. The summed E-state index contributed by atoms with van der Waals surface area (Å²) in [6.45, 7) is 2.88. The van der Waals surface area contributed by atoms with Gasteiger partial charge in [0.25, 0.3) is 5.91 Å². The number of halogens is 1. The van der Waals surface area contributed by atoms with E-state index in [0.717, 1.165) is 34.5 Å². The summed E-state index contributed by atoms with van der Waals surface area (Å²) in [6.07, 6.45) is 7.16. The van der Waals surface area contributed by atoms with Crippen LogP contribution in [0.3, 0.4) is 0 Å². The van der Waals surface area contributed by atoms with Crippen LogP contribution in [0.2, 0.25) is 0 Å². The molecule has 2 aliphatic rings. The largest absolute Gasteiger partial charge is 0.495 e. The first-order chi connectivity index (χ1) is 16.0. The summed E-state index contributed by atoms with van der Waals surface area (Å²) in [6, 6.07) is 12.0. The quantitative estimate of drug-likeness (QED) is 0.554. The molecule has 7 heteroatoms. The van der Waals surface area contributed by atoms with Gasteiger partial charge in [0.05, 0.1) is 50.1 Å². The summed E-state index contributed by atoms with van der Waals surface area (Å²) in [5, 5.41) is 0. The molecule has 170 valence electrons. The van der Waals surface area contributed by atoms with Crippen LogP contribution in [0.25, 0.3) is 11.8 Å². The molecule has 2 aliphatic heterocycles. The fourth-order valence-corrected chi connectivity index (χ4v) is 4.68. The molecule has 3 heterocycles. The number of rotatable bonds is 4. The number of methoxy groups -OCH3 is 1. The van der Waals surface area contributed by atoms with E-state index >= 15 is 0 Å². The summed E-state index contributed by atoms with van der Waals surface area (Å²) in [5.74, 6) is 0.427. The van der Waals surface area contributed by atoms with Gasteiger partial charge in [0.2, 0.25) is 0 Å². The predicted molar refractivity (Wildman–Crippen MR) is 123 cm³/mol. The highest BCUT2D eigenvalue weighted by atomic mass is 19.1. The number of carbonyl (C=O) groups is 1. The molecule has 0 aliphatic carbocycles. The van der Waals surface area contributed by atoms with Crippen LogP contribution in [0.5, 0.6) is 5.75 Å². The molecular weight excluding hydrogens is 421 g/mol. The Morgan fingerprint density at radius 2 is 2.00 bits per heavy atom. The summed E-state index contributed by atoms with van der Waals surface area (Å²) >= 11 is 0. The SMILES string of the molecule is COc1cc(C=C2CC[C@@H]3COC[C@@H](c4ccc(F)cc4)N3C2=O)ccc1-n1cnc(C)c1. The topological polar surface area (TPSA) is 56.6 Å². The Morgan fingerprint density at radius 3 is 2.73 bits per heavy atom. The second-order valence-corrected chi connectivity index (χ2v) is 8.53. The average molecular weight is 448 g/mol. The van der Waals surface area contributed by atoms with E-state index in [-0.39, 0.29) is 23.8 Å². The van der Waals surface area contributed by atoms with E-state index in [2.05, 4.69) is 4.98 Å². The lowest BCUT2D eigenvalue weighted by Crippen LogP contribution is -2.53. The number of piperidine rings is 1. The minimum Gasteiger partial charge on any atom is -0.495 e. The number of morpholine rings is 1. The molecule has 0 N–H and O–H groups in total. The zero-order valence-electron chi connectivity index (χ0n) is 18.7. The Kier molecular flexibility index (Phi) is 5.72. The number of benzene rings is 2. The summed E-state index contributed by atoms with van der Waals surface area (Å²) in [7, 11) is 1.64. The van der Waals surface area contributed by atoms with Gasteiger partial charge in [0, 0.05) is 11.8 Å². The number of nitrogens with zero attached hydrogens (tertiary/aromatic N) is 3. The number of amides is 1. The van der Waals surface area contributed by atoms with Crippen molar-refractivity contribution in [3.05, 3.63) is 83.2 Å². The van der Waals surface area contributed by atoms with Crippen molar-refractivity contribution in [3.8, 4) is 11.4 Å². The van der Waals surface area contributed by atoms with Crippen LogP contribution in [0.15, 0.2) is 60.6 Å². The van der Waals surface area contributed by atoms with E-state index in [9.17, 15) is 9.18 Å². The van der Waals surface area contributed by atoms with Crippen LogP contribution in [-0.2, 0) is 9.53 Å². The van der Waals surface area contributed by atoms with E-state index in [4.69, 9.17) is 9.47 Å². The van der Waals surface area contributed by atoms with Gasteiger partial charge < -0.3 is 18.9 Å². The van der Waals surface area contributed by atoms with Gasteiger partial charge in [-0.25, -0.2) is 9.37 Å². The molecular formula is C26H26FN3O3. The fourth-order valence-electron chi connectivity index (χ4n) is 4.68. The molecule has 0 bridgehead atoms. The first-order valence-electron chi connectivity index (χ1n) is 11.1. The molecule has 1 aromatic heterocycles. The zero-order chi connectivity index (χ0) is 22.9. The van der Waals surface area contributed by atoms with Crippen LogP contribution >= 0.6 is 0 Å². The van der Waals surface area contributed by atoms with Crippen LogP contribution in [-0.4, -0.2) is 46.7 Å². The van der Waals surface area contributed by atoms with Crippen molar-refractivity contribution in [1.29, 1.82) is 0 Å². The first-order valence-corrected chi connectivity index (χ1v) is 11.1. The monoisotopic (exact) mass is 447 g/mol. The highest BCUT2D eigenvalue weighted by Gasteiger charge is 2.40. The lowest BCUT2D eigenvalue weighted by atomic mass is 9.91. The van der Waals surface area contributed by atoms with Gasteiger partial charge in [-0.2, -0.15) is 0 Å². The van der Waals surface area contributed by atoms with E-state index in [1.807, 2.05) is 46.9 Å². The maximum atomic E-state index is 13.5. The van der Waals surface area contributed by atoms with Gasteiger partial charge in [0.15, 0.2) is 0 Å². The normalized spacial score (nSPS) is 21.8. The number of aromatic nitrogens is 2. The molecule has 2 fully saturated rings. The third kappa shape index (κ3) is 4.16. The Bertz CT molecular complexity index is 1200. The van der Waals surface area contributed by atoms with Crippen LogP contribution in [0, 0.1) is 12.7 Å². The number of hydrogen-bond acceptors (Lipinski definition) is 4. The maximum Gasteiger partial charge on any atom is 0.250 e. The van der Waals surface area contributed by atoms with Crippen molar-refractivity contribution in [2.24, 2.45) is 0 Å². The molecule has 1 amide bonds. The second kappa shape index (κ2) is 8.83. The van der Waals surface area contributed by atoms with Crippen molar-refractivity contribution >= 4 is 12.0 Å². The van der Waals surface area contributed by atoms with Crippen LogP contribution in [0.1, 0.15) is 35.7 Å². The molecule has 0 saturated carbocycles. The summed E-state index contributed by atoms with van der Waals surface area (Å²) in [4.78, 5) is 19.8. The molecule has 0 spiro atoms. The number of imidazole rings is 1.